The van der Waals surface area contributed by atoms with E-state index in [1.54, 1.807) is 0 Å². The third kappa shape index (κ3) is 2.81. The van der Waals surface area contributed by atoms with Crippen molar-refractivity contribution in [2.75, 3.05) is 0 Å². The minimum Gasteiger partial charge on any atom is -0.439 e. The lowest BCUT2D eigenvalue weighted by Crippen LogP contribution is -2.02. The molecule has 18 heavy (non-hydrogen) atoms. The molecule has 1 aromatic heterocycles. The van der Waals surface area contributed by atoms with E-state index in [4.69, 9.17) is 22.1 Å². The second kappa shape index (κ2) is 5.38. The summed E-state index contributed by atoms with van der Waals surface area (Å²) in [5, 5.41) is 0.721. The first-order chi connectivity index (χ1) is 8.60. The molecule has 0 aliphatic rings. The highest BCUT2D eigenvalue weighted by molar-refractivity contribution is 6.31. The number of rotatable bonds is 3. The minimum atomic E-state index is 0.398. The molecule has 1 aromatic carbocycles. The van der Waals surface area contributed by atoms with Crippen molar-refractivity contribution < 1.29 is 4.74 Å². The molecule has 0 atom stereocenters. The van der Waals surface area contributed by atoms with Crippen molar-refractivity contribution in [2.24, 2.45) is 5.73 Å². The van der Waals surface area contributed by atoms with Gasteiger partial charge in [0.15, 0.2) is 0 Å². The molecule has 0 aliphatic carbocycles. The van der Waals surface area contributed by atoms with E-state index in [1.807, 2.05) is 44.2 Å². The van der Waals surface area contributed by atoms with Crippen LogP contribution in [0, 0.1) is 13.8 Å². The number of aromatic nitrogens is 1. The van der Waals surface area contributed by atoms with Gasteiger partial charge in [-0.05, 0) is 43.7 Å². The van der Waals surface area contributed by atoms with E-state index in [2.05, 4.69) is 4.98 Å². The molecule has 2 rings (SSSR count). The third-order valence-electron chi connectivity index (χ3n) is 2.64. The van der Waals surface area contributed by atoms with E-state index < -0.39 is 0 Å². The Labute approximate surface area is 112 Å². The van der Waals surface area contributed by atoms with Gasteiger partial charge in [-0.15, -0.1) is 0 Å². The van der Waals surface area contributed by atoms with E-state index in [0.717, 1.165) is 21.8 Å². The molecule has 0 fully saturated rings. The topological polar surface area (TPSA) is 48.1 Å². The predicted molar refractivity (Wildman–Crippen MR) is 73.1 cm³/mol. The van der Waals surface area contributed by atoms with Crippen LogP contribution in [0.5, 0.6) is 11.6 Å². The van der Waals surface area contributed by atoms with E-state index >= 15 is 0 Å². The maximum atomic E-state index is 5.98. The molecular weight excluding hydrogens is 248 g/mol. The molecule has 3 nitrogen and oxygen atoms in total. The summed E-state index contributed by atoms with van der Waals surface area (Å²) in [5.74, 6) is 1.27. The van der Waals surface area contributed by atoms with Gasteiger partial charge < -0.3 is 10.5 Å². The Morgan fingerprint density at radius 1 is 1.22 bits per heavy atom. The lowest BCUT2D eigenvalue weighted by atomic mass is 10.2. The summed E-state index contributed by atoms with van der Waals surface area (Å²) in [6.07, 6.45) is 0. The largest absolute Gasteiger partial charge is 0.439 e. The van der Waals surface area contributed by atoms with Gasteiger partial charge in [0.2, 0.25) is 5.88 Å². The van der Waals surface area contributed by atoms with Crippen molar-refractivity contribution in [2.45, 2.75) is 20.4 Å². The summed E-state index contributed by atoms with van der Waals surface area (Å²) in [7, 11) is 0. The molecular formula is C14H15ClN2O. The number of nitrogens with two attached hydrogens (primary N) is 1. The predicted octanol–water partition coefficient (Wildman–Crippen LogP) is 3.60. The monoisotopic (exact) mass is 262 g/mol. The SMILES string of the molecule is Cc1ccc(CN)c(Oc2ccc(Cl)c(C)c2)n1. The van der Waals surface area contributed by atoms with Crippen LogP contribution >= 0.6 is 11.6 Å². The van der Waals surface area contributed by atoms with Crippen molar-refractivity contribution in [3.63, 3.8) is 0 Å². The number of hydrogen-bond donors (Lipinski definition) is 1. The second-order valence-electron chi connectivity index (χ2n) is 4.13. The number of ether oxygens (including phenoxy) is 1. The van der Waals surface area contributed by atoms with Gasteiger partial charge in [-0.1, -0.05) is 17.7 Å². The third-order valence-corrected chi connectivity index (χ3v) is 3.07. The molecule has 0 radical (unpaired) electrons. The zero-order chi connectivity index (χ0) is 13.1. The summed E-state index contributed by atoms with van der Waals surface area (Å²) < 4.78 is 5.77. The van der Waals surface area contributed by atoms with Crippen LogP contribution in [0.4, 0.5) is 0 Å². The second-order valence-corrected chi connectivity index (χ2v) is 4.54. The Bertz CT molecular complexity index is 570. The molecule has 4 heteroatoms. The Kier molecular flexibility index (Phi) is 3.84. The first-order valence-corrected chi connectivity index (χ1v) is 6.08. The summed E-state index contributed by atoms with van der Waals surface area (Å²) in [6, 6.07) is 9.36. The lowest BCUT2D eigenvalue weighted by molar-refractivity contribution is 0.454. The summed E-state index contributed by atoms with van der Waals surface area (Å²) in [5.41, 5.74) is 8.41. The van der Waals surface area contributed by atoms with Crippen LogP contribution in [-0.4, -0.2) is 4.98 Å². The Morgan fingerprint density at radius 3 is 2.67 bits per heavy atom. The Balaban J connectivity index is 2.33. The maximum Gasteiger partial charge on any atom is 0.223 e. The van der Waals surface area contributed by atoms with Gasteiger partial charge in [0, 0.05) is 22.8 Å². The van der Waals surface area contributed by atoms with Crippen molar-refractivity contribution in [3.8, 4) is 11.6 Å². The number of aryl methyl sites for hydroxylation is 2. The van der Waals surface area contributed by atoms with Crippen LogP contribution in [0.2, 0.25) is 5.02 Å². The fourth-order valence-electron chi connectivity index (χ4n) is 1.60. The highest BCUT2D eigenvalue weighted by Crippen LogP contribution is 2.27. The van der Waals surface area contributed by atoms with Crippen molar-refractivity contribution in [1.82, 2.24) is 4.98 Å². The van der Waals surface area contributed by atoms with Crippen LogP contribution in [0.15, 0.2) is 30.3 Å². The van der Waals surface area contributed by atoms with Gasteiger partial charge in [-0.25, -0.2) is 4.98 Å². The molecule has 0 bridgehead atoms. The van der Waals surface area contributed by atoms with Gasteiger partial charge in [-0.2, -0.15) is 0 Å². The standard InChI is InChI=1S/C14H15ClN2O/c1-9-7-12(5-6-13(9)15)18-14-11(8-16)4-3-10(2)17-14/h3-7H,8,16H2,1-2H3. The number of hydrogen-bond acceptors (Lipinski definition) is 3. The number of halogens is 1. The zero-order valence-corrected chi connectivity index (χ0v) is 11.2. The minimum absolute atomic E-state index is 0.398. The summed E-state index contributed by atoms with van der Waals surface area (Å²) in [6.45, 7) is 4.25. The lowest BCUT2D eigenvalue weighted by Gasteiger charge is -2.10. The van der Waals surface area contributed by atoms with Crippen LogP contribution in [0.1, 0.15) is 16.8 Å². The van der Waals surface area contributed by atoms with Crippen molar-refractivity contribution >= 4 is 11.6 Å². The molecule has 0 spiro atoms. The molecule has 0 saturated carbocycles. The fraction of sp³-hybridized carbons (Fsp3) is 0.214. The van der Waals surface area contributed by atoms with E-state index in [-0.39, 0.29) is 0 Å². The molecule has 0 unspecified atom stereocenters. The molecule has 0 amide bonds. The van der Waals surface area contributed by atoms with Crippen LogP contribution < -0.4 is 10.5 Å². The summed E-state index contributed by atoms with van der Waals surface area (Å²) >= 11 is 5.98. The van der Waals surface area contributed by atoms with Crippen molar-refractivity contribution in [1.29, 1.82) is 0 Å². The van der Waals surface area contributed by atoms with E-state index in [9.17, 15) is 0 Å². The fourth-order valence-corrected chi connectivity index (χ4v) is 1.72. The first-order valence-electron chi connectivity index (χ1n) is 5.70. The van der Waals surface area contributed by atoms with Gasteiger partial charge in [0.05, 0.1) is 0 Å². The highest BCUT2D eigenvalue weighted by atomic mass is 35.5. The molecule has 94 valence electrons. The zero-order valence-electron chi connectivity index (χ0n) is 10.4. The van der Waals surface area contributed by atoms with Crippen molar-refractivity contribution in [3.05, 3.63) is 52.2 Å². The Morgan fingerprint density at radius 2 is 2.00 bits per heavy atom. The van der Waals surface area contributed by atoms with Crippen LogP contribution in [0.3, 0.4) is 0 Å². The average molecular weight is 263 g/mol. The number of benzene rings is 1. The Hall–Kier alpha value is -1.58. The summed E-state index contributed by atoms with van der Waals surface area (Å²) in [4.78, 5) is 4.36. The highest BCUT2D eigenvalue weighted by Gasteiger charge is 2.07. The van der Waals surface area contributed by atoms with Gasteiger partial charge in [0.25, 0.3) is 0 Å². The number of pyridine rings is 1. The molecule has 2 aromatic rings. The average Bonchev–Trinajstić information content (AvgIpc) is 2.34. The maximum absolute atomic E-state index is 5.98. The first kappa shape index (κ1) is 12.9. The molecule has 0 saturated heterocycles. The van der Waals surface area contributed by atoms with Crippen LogP contribution in [0.25, 0.3) is 0 Å². The number of nitrogens with zero attached hydrogens (tertiary/aromatic N) is 1. The molecule has 0 aliphatic heterocycles. The quantitative estimate of drug-likeness (QED) is 0.919. The van der Waals surface area contributed by atoms with E-state index in [1.165, 1.54) is 0 Å². The van der Waals surface area contributed by atoms with Crippen LogP contribution in [-0.2, 0) is 6.54 Å². The van der Waals surface area contributed by atoms with Gasteiger partial charge in [0.1, 0.15) is 5.75 Å². The van der Waals surface area contributed by atoms with Gasteiger partial charge >= 0.3 is 0 Å². The molecule has 1 heterocycles. The van der Waals surface area contributed by atoms with Gasteiger partial charge in [-0.3, -0.25) is 0 Å². The normalized spacial score (nSPS) is 10.4. The molecule has 2 N–H and O–H groups in total. The smallest absolute Gasteiger partial charge is 0.223 e. The van der Waals surface area contributed by atoms with E-state index in [0.29, 0.717) is 18.2 Å².